The number of carbonyl (C=O) groups is 2. The van der Waals surface area contributed by atoms with Gasteiger partial charge in [0.05, 0.1) is 18.0 Å². The number of hydrogen-bond donors (Lipinski definition) is 2. The van der Waals surface area contributed by atoms with Crippen LogP contribution in [0.3, 0.4) is 0 Å². The Morgan fingerprint density at radius 2 is 2.00 bits per heavy atom. The molecule has 6 nitrogen and oxygen atoms in total. The zero-order valence-corrected chi connectivity index (χ0v) is 13.0. The molecule has 1 saturated heterocycles. The van der Waals surface area contributed by atoms with Crippen molar-refractivity contribution in [3.63, 3.8) is 0 Å². The molecule has 0 unspecified atom stereocenters. The number of β-amino-alcohol motifs (C(OH)–C–C–N with tert-alkyl or cyclic N) is 1. The van der Waals surface area contributed by atoms with Gasteiger partial charge in [-0.1, -0.05) is 0 Å². The van der Waals surface area contributed by atoms with E-state index < -0.39 is 0 Å². The second-order valence-electron chi connectivity index (χ2n) is 5.04. The number of aliphatic hydroxyl groups excluding tert-OH is 1. The highest BCUT2D eigenvalue weighted by Gasteiger charge is 2.21. The lowest BCUT2D eigenvalue weighted by molar-refractivity contribution is -0.131. The lowest BCUT2D eigenvalue weighted by Crippen LogP contribution is -2.51. The van der Waals surface area contributed by atoms with Gasteiger partial charge >= 0.3 is 0 Å². The zero-order chi connectivity index (χ0) is 15.2. The molecule has 2 heterocycles. The third-order valence-corrected chi connectivity index (χ3v) is 4.50. The molecule has 2 N–H and O–H groups in total. The van der Waals surface area contributed by atoms with Gasteiger partial charge in [-0.05, 0) is 19.1 Å². The van der Waals surface area contributed by atoms with E-state index in [1.807, 2.05) is 13.0 Å². The smallest absolute Gasteiger partial charge is 0.261 e. The first-order valence-corrected chi connectivity index (χ1v) is 7.87. The van der Waals surface area contributed by atoms with Gasteiger partial charge in [-0.3, -0.25) is 14.5 Å². The summed E-state index contributed by atoms with van der Waals surface area (Å²) in [6.07, 6.45) is 0. The molecular formula is C14H21N3O3S. The normalized spacial score (nSPS) is 16.0. The van der Waals surface area contributed by atoms with E-state index in [4.69, 9.17) is 5.11 Å². The Balaban J connectivity index is 1.74. The minimum atomic E-state index is -0.194. The number of hydrogen-bond acceptors (Lipinski definition) is 5. The average Bonchev–Trinajstić information content (AvgIpc) is 2.92. The molecule has 0 aliphatic carbocycles. The number of amides is 2. The molecule has 116 valence electrons. The Kier molecular flexibility index (Phi) is 5.72. The van der Waals surface area contributed by atoms with Gasteiger partial charge in [0.2, 0.25) is 5.91 Å². The quantitative estimate of drug-likeness (QED) is 0.798. The molecule has 0 spiro atoms. The maximum Gasteiger partial charge on any atom is 0.261 e. The summed E-state index contributed by atoms with van der Waals surface area (Å²) < 4.78 is 0. The molecule has 2 rings (SSSR count). The van der Waals surface area contributed by atoms with Crippen LogP contribution in [0.5, 0.6) is 0 Å². The largest absolute Gasteiger partial charge is 0.395 e. The third kappa shape index (κ3) is 4.52. The van der Waals surface area contributed by atoms with Crippen LogP contribution < -0.4 is 5.32 Å². The van der Waals surface area contributed by atoms with Crippen molar-refractivity contribution in [3.05, 3.63) is 21.9 Å². The monoisotopic (exact) mass is 311 g/mol. The summed E-state index contributed by atoms with van der Waals surface area (Å²) in [4.78, 5) is 29.5. The van der Waals surface area contributed by atoms with Crippen LogP contribution in [0.15, 0.2) is 12.1 Å². The number of nitrogens with zero attached hydrogens (tertiary/aromatic N) is 2. The SMILES string of the molecule is Cc1ccc(C(=O)NCC(=O)N2CCN(CCO)CC2)s1. The van der Waals surface area contributed by atoms with Crippen molar-refractivity contribution in [2.24, 2.45) is 0 Å². The number of carbonyl (C=O) groups excluding carboxylic acids is 2. The molecule has 0 atom stereocenters. The molecule has 1 aliphatic heterocycles. The van der Waals surface area contributed by atoms with Gasteiger partial charge in [0.25, 0.3) is 5.91 Å². The number of aryl methyl sites for hydroxylation is 1. The predicted molar refractivity (Wildman–Crippen MR) is 81.5 cm³/mol. The molecule has 1 aromatic heterocycles. The zero-order valence-electron chi connectivity index (χ0n) is 12.2. The maximum atomic E-state index is 12.1. The highest BCUT2D eigenvalue weighted by atomic mass is 32.1. The highest BCUT2D eigenvalue weighted by Crippen LogP contribution is 2.14. The summed E-state index contributed by atoms with van der Waals surface area (Å²) in [6.45, 7) is 5.60. The average molecular weight is 311 g/mol. The lowest BCUT2D eigenvalue weighted by atomic mass is 10.3. The van der Waals surface area contributed by atoms with E-state index in [1.54, 1.807) is 11.0 Å². The summed E-state index contributed by atoms with van der Waals surface area (Å²) in [5.74, 6) is -0.249. The van der Waals surface area contributed by atoms with Crippen LogP contribution in [0.4, 0.5) is 0 Å². The van der Waals surface area contributed by atoms with E-state index in [2.05, 4.69) is 10.2 Å². The Bertz CT molecular complexity index is 495. The Hall–Kier alpha value is -1.44. The van der Waals surface area contributed by atoms with Crippen LogP contribution in [0.2, 0.25) is 0 Å². The maximum absolute atomic E-state index is 12.1. The summed E-state index contributed by atoms with van der Waals surface area (Å²) in [6, 6.07) is 3.66. The van der Waals surface area contributed by atoms with Crippen LogP contribution in [0, 0.1) is 6.92 Å². The standard InChI is InChI=1S/C14H21N3O3S/c1-11-2-3-12(21-11)14(20)15-10-13(19)17-6-4-16(5-7-17)8-9-18/h2-3,18H,4-10H2,1H3,(H,15,20). The van der Waals surface area contributed by atoms with Crippen molar-refractivity contribution in [1.82, 2.24) is 15.1 Å². The van der Waals surface area contributed by atoms with E-state index in [1.165, 1.54) is 11.3 Å². The van der Waals surface area contributed by atoms with Crippen molar-refractivity contribution in [1.29, 1.82) is 0 Å². The van der Waals surface area contributed by atoms with Crippen LogP contribution >= 0.6 is 11.3 Å². The van der Waals surface area contributed by atoms with Gasteiger partial charge in [-0.15, -0.1) is 11.3 Å². The van der Waals surface area contributed by atoms with Gasteiger partial charge in [0, 0.05) is 37.6 Å². The first kappa shape index (κ1) is 15.9. The first-order chi connectivity index (χ1) is 10.1. The molecule has 0 bridgehead atoms. The fourth-order valence-electron chi connectivity index (χ4n) is 2.27. The molecule has 2 amide bonds. The molecule has 7 heteroatoms. The molecule has 0 aromatic carbocycles. The van der Waals surface area contributed by atoms with Gasteiger partial charge in [0.1, 0.15) is 0 Å². The number of rotatable bonds is 5. The minimum absolute atomic E-state index is 0.0375. The van der Waals surface area contributed by atoms with Crippen LogP contribution in [0.25, 0.3) is 0 Å². The van der Waals surface area contributed by atoms with Crippen molar-refractivity contribution in [2.75, 3.05) is 45.9 Å². The van der Waals surface area contributed by atoms with Gasteiger partial charge in [-0.2, -0.15) is 0 Å². The van der Waals surface area contributed by atoms with Gasteiger partial charge in [-0.25, -0.2) is 0 Å². The summed E-state index contributed by atoms with van der Waals surface area (Å²) >= 11 is 1.42. The summed E-state index contributed by atoms with van der Waals surface area (Å²) in [7, 11) is 0. The molecule has 1 aromatic rings. The molecule has 1 fully saturated rings. The lowest BCUT2D eigenvalue weighted by Gasteiger charge is -2.34. The predicted octanol–water partition coefficient (Wildman–Crippen LogP) is -0.0772. The number of piperazine rings is 1. The highest BCUT2D eigenvalue weighted by molar-refractivity contribution is 7.13. The van der Waals surface area contributed by atoms with E-state index in [-0.39, 0.29) is 25.0 Å². The van der Waals surface area contributed by atoms with E-state index in [0.29, 0.717) is 24.5 Å². The second kappa shape index (κ2) is 7.53. The molecule has 21 heavy (non-hydrogen) atoms. The van der Waals surface area contributed by atoms with Crippen LogP contribution in [0.1, 0.15) is 14.5 Å². The topological polar surface area (TPSA) is 72.9 Å². The van der Waals surface area contributed by atoms with Crippen LogP contribution in [-0.2, 0) is 4.79 Å². The first-order valence-electron chi connectivity index (χ1n) is 7.06. The number of thiophene rings is 1. The Morgan fingerprint density at radius 3 is 2.57 bits per heavy atom. The minimum Gasteiger partial charge on any atom is -0.395 e. The van der Waals surface area contributed by atoms with Crippen molar-refractivity contribution >= 4 is 23.2 Å². The number of aliphatic hydroxyl groups is 1. The fourth-order valence-corrected chi connectivity index (χ4v) is 3.06. The Morgan fingerprint density at radius 1 is 1.29 bits per heavy atom. The van der Waals surface area contributed by atoms with Crippen molar-refractivity contribution in [2.45, 2.75) is 6.92 Å². The van der Waals surface area contributed by atoms with E-state index in [0.717, 1.165) is 18.0 Å². The second-order valence-corrected chi connectivity index (χ2v) is 6.33. The van der Waals surface area contributed by atoms with Crippen molar-refractivity contribution < 1.29 is 14.7 Å². The third-order valence-electron chi connectivity index (χ3n) is 3.51. The van der Waals surface area contributed by atoms with E-state index in [9.17, 15) is 9.59 Å². The van der Waals surface area contributed by atoms with Gasteiger partial charge in [0.15, 0.2) is 0 Å². The molecule has 0 radical (unpaired) electrons. The van der Waals surface area contributed by atoms with Gasteiger partial charge < -0.3 is 15.3 Å². The van der Waals surface area contributed by atoms with Crippen molar-refractivity contribution in [3.8, 4) is 0 Å². The molecule has 0 saturated carbocycles. The Labute approximate surface area is 128 Å². The fraction of sp³-hybridized carbons (Fsp3) is 0.571. The van der Waals surface area contributed by atoms with E-state index >= 15 is 0 Å². The molecule has 1 aliphatic rings. The summed E-state index contributed by atoms with van der Waals surface area (Å²) in [5, 5.41) is 11.6. The number of nitrogens with one attached hydrogen (secondary N) is 1. The summed E-state index contributed by atoms with van der Waals surface area (Å²) in [5.41, 5.74) is 0. The van der Waals surface area contributed by atoms with Crippen LogP contribution in [-0.4, -0.2) is 72.6 Å². The molecular weight excluding hydrogens is 290 g/mol.